The Morgan fingerprint density at radius 3 is 2.10 bits per heavy atom. The van der Waals surface area contributed by atoms with Crippen molar-refractivity contribution < 1.29 is 0 Å². The summed E-state index contributed by atoms with van der Waals surface area (Å²) in [7, 11) is 2.14. The highest BCUT2D eigenvalue weighted by atomic mass is 15.1. The predicted molar refractivity (Wildman–Crippen MR) is 90.1 cm³/mol. The monoisotopic (exact) mass is 282 g/mol. The van der Waals surface area contributed by atoms with Gasteiger partial charge < -0.3 is 10.2 Å². The Hall–Kier alpha value is -0.0800. The minimum atomic E-state index is 0.527. The molecule has 1 aliphatic rings. The van der Waals surface area contributed by atoms with E-state index in [1.54, 1.807) is 0 Å². The summed E-state index contributed by atoms with van der Waals surface area (Å²) in [6.45, 7) is 18.0. The molecule has 0 radical (unpaired) electrons. The van der Waals surface area contributed by atoms with E-state index in [0.717, 1.165) is 17.8 Å². The molecule has 2 heteroatoms. The minimum Gasteiger partial charge on any atom is -0.317 e. The van der Waals surface area contributed by atoms with Crippen LogP contribution < -0.4 is 5.32 Å². The van der Waals surface area contributed by atoms with Gasteiger partial charge in [-0.2, -0.15) is 0 Å². The van der Waals surface area contributed by atoms with E-state index < -0.39 is 0 Å². The van der Waals surface area contributed by atoms with Crippen LogP contribution in [0, 0.1) is 23.2 Å². The van der Waals surface area contributed by atoms with Crippen LogP contribution >= 0.6 is 0 Å². The van der Waals surface area contributed by atoms with Gasteiger partial charge in [0.15, 0.2) is 0 Å². The van der Waals surface area contributed by atoms with Crippen molar-refractivity contribution in [2.24, 2.45) is 23.2 Å². The second-order valence-electron chi connectivity index (χ2n) is 8.57. The van der Waals surface area contributed by atoms with E-state index >= 15 is 0 Å². The lowest BCUT2D eigenvalue weighted by atomic mass is 9.69. The first-order chi connectivity index (χ1) is 9.23. The zero-order valence-corrected chi connectivity index (χ0v) is 15.0. The fourth-order valence-corrected chi connectivity index (χ4v) is 3.90. The summed E-state index contributed by atoms with van der Waals surface area (Å²) >= 11 is 0. The van der Waals surface area contributed by atoms with E-state index in [-0.39, 0.29) is 0 Å². The zero-order valence-electron chi connectivity index (χ0n) is 15.0. The van der Waals surface area contributed by atoms with Crippen LogP contribution in [0.1, 0.15) is 60.8 Å². The van der Waals surface area contributed by atoms with E-state index in [1.807, 2.05) is 0 Å². The van der Waals surface area contributed by atoms with Crippen LogP contribution in [0.15, 0.2) is 0 Å². The Balaban J connectivity index is 2.67. The molecule has 0 spiro atoms. The molecule has 0 aromatic carbocycles. The third-order valence-electron chi connectivity index (χ3n) is 4.63. The molecule has 2 unspecified atom stereocenters. The molecule has 2 nitrogen and oxygen atoms in total. The van der Waals surface area contributed by atoms with Crippen LogP contribution in [0.2, 0.25) is 0 Å². The van der Waals surface area contributed by atoms with Crippen LogP contribution in [0.3, 0.4) is 0 Å². The van der Waals surface area contributed by atoms with Crippen molar-refractivity contribution in [2.75, 3.05) is 26.7 Å². The van der Waals surface area contributed by atoms with Crippen molar-refractivity contribution in [3.8, 4) is 0 Å². The van der Waals surface area contributed by atoms with Crippen molar-refractivity contribution in [1.29, 1.82) is 0 Å². The number of hydrogen-bond acceptors (Lipinski definition) is 2. The molecular formula is C18H38N2. The largest absolute Gasteiger partial charge is 0.317 e. The van der Waals surface area contributed by atoms with Gasteiger partial charge in [0.25, 0.3) is 0 Å². The minimum absolute atomic E-state index is 0.527. The summed E-state index contributed by atoms with van der Waals surface area (Å²) in [6.07, 6.45) is 4.07. The van der Waals surface area contributed by atoms with Crippen LogP contribution in [0.5, 0.6) is 0 Å². The Morgan fingerprint density at radius 1 is 1.10 bits per heavy atom. The molecule has 2 atom stereocenters. The van der Waals surface area contributed by atoms with E-state index in [2.05, 4.69) is 58.8 Å². The second kappa shape index (κ2) is 7.79. The molecule has 0 saturated heterocycles. The van der Waals surface area contributed by atoms with Gasteiger partial charge in [0.1, 0.15) is 0 Å². The van der Waals surface area contributed by atoms with Gasteiger partial charge in [0, 0.05) is 25.7 Å². The molecule has 1 fully saturated rings. The van der Waals surface area contributed by atoms with Crippen molar-refractivity contribution in [3.63, 3.8) is 0 Å². The van der Waals surface area contributed by atoms with Gasteiger partial charge in [-0.3, -0.25) is 0 Å². The highest BCUT2D eigenvalue weighted by Gasteiger charge is 2.35. The van der Waals surface area contributed by atoms with Crippen molar-refractivity contribution in [1.82, 2.24) is 10.2 Å². The molecule has 0 aromatic heterocycles. The maximum atomic E-state index is 3.58. The van der Waals surface area contributed by atoms with Gasteiger partial charge in [-0.15, -0.1) is 0 Å². The SMILES string of the molecule is CNC1CCC(C)(C)CC1CN(CC(C)C)CC(C)C. The van der Waals surface area contributed by atoms with Gasteiger partial charge in [-0.25, -0.2) is 0 Å². The average Bonchev–Trinajstić information content (AvgIpc) is 2.26. The van der Waals surface area contributed by atoms with Crippen molar-refractivity contribution in [3.05, 3.63) is 0 Å². The quantitative estimate of drug-likeness (QED) is 0.759. The topological polar surface area (TPSA) is 15.3 Å². The molecule has 0 bridgehead atoms. The third kappa shape index (κ3) is 6.13. The predicted octanol–water partition coefficient (Wildman–Crippen LogP) is 4.01. The maximum absolute atomic E-state index is 3.58. The Kier molecular flexibility index (Phi) is 7.00. The first kappa shape index (κ1) is 18.0. The number of hydrogen-bond donors (Lipinski definition) is 1. The summed E-state index contributed by atoms with van der Waals surface area (Å²) in [5, 5.41) is 3.58. The second-order valence-corrected chi connectivity index (χ2v) is 8.57. The number of nitrogens with zero attached hydrogens (tertiary/aromatic N) is 1. The first-order valence-corrected chi connectivity index (χ1v) is 8.63. The lowest BCUT2D eigenvalue weighted by Gasteiger charge is -2.43. The molecule has 1 rings (SSSR count). The van der Waals surface area contributed by atoms with Gasteiger partial charge in [0.2, 0.25) is 0 Å². The molecular weight excluding hydrogens is 244 g/mol. The summed E-state index contributed by atoms with van der Waals surface area (Å²) in [6, 6.07) is 0.713. The Bertz CT molecular complexity index is 261. The average molecular weight is 283 g/mol. The summed E-state index contributed by atoms with van der Waals surface area (Å²) < 4.78 is 0. The lowest BCUT2D eigenvalue weighted by Crippen LogP contribution is -2.47. The Labute approximate surface area is 127 Å². The number of rotatable bonds is 7. The molecule has 1 saturated carbocycles. The summed E-state index contributed by atoms with van der Waals surface area (Å²) in [5.41, 5.74) is 0.527. The molecule has 0 amide bonds. The van der Waals surface area contributed by atoms with Gasteiger partial charge in [0.05, 0.1) is 0 Å². The van der Waals surface area contributed by atoms with Crippen LogP contribution in [-0.2, 0) is 0 Å². The highest BCUT2D eigenvalue weighted by Crippen LogP contribution is 2.39. The van der Waals surface area contributed by atoms with Crippen LogP contribution in [-0.4, -0.2) is 37.6 Å². The van der Waals surface area contributed by atoms with Gasteiger partial charge >= 0.3 is 0 Å². The molecule has 20 heavy (non-hydrogen) atoms. The number of nitrogens with one attached hydrogen (secondary N) is 1. The maximum Gasteiger partial charge on any atom is 0.0105 e. The van der Waals surface area contributed by atoms with Crippen molar-refractivity contribution >= 4 is 0 Å². The summed E-state index contributed by atoms with van der Waals surface area (Å²) in [5.74, 6) is 2.33. The Morgan fingerprint density at radius 2 is 1.65 bits per heavy atom. The fourth-order valence-electron chi connectivity index (χ4n) is 3.90. The molecule has 1 N–H and O–H groups in total. The van der Waals surface area contributed by atoms with Gasteiger partial charge in [-0.05, 0) is 49.5 Å². The van der Waals surface area contributed by atoms with Gasteiger partial charge in [-0.1, -0.05) is 41.5 Å². The molecule has 0 heterocycles. The van der Waals surface area contributed by atoms with E-state index in [1.165, 1.54) is 38.9 Å². The van der Waals surface area contributed by atoms with Crippen LogP contribution in [0.4, 0.5) is 0 Å². The standard InChI is InChI=1S/C18H38N2/c1-14(2)11-20(12-15(3)4)13-16-10-18(5,6)9-8-17(16)19-7/h14-17,19H,8-13H2,1-7H3. The van der Waals surface area contributed by atoms with E-state index in [4.69, 9.17) is 0 Å². The molecule has 0 aliphatic heterocycles. The van der Waals surface area contributed by atoms with Crippen LogP contribution in [0.25, 0.3) is 0 Å². The smallest absolute Gasteiger partial charge is 0.0105 e. The first-order valence-electron chi connectivity index (χ1n) is 8.63. The normalized spacial score (nSPS) is 26.7. The molecule has 0 aromatic rings. The summed E-state index contributed by atoms with van der Waals surface area (Å²) in [4.78, 5) is 2.71. The molecule has 120 valence electrons. The fraction of sp³-hybridized carbons (Fsp3) is 1.00. The van der Waals surface area contributed by atoms with Crippen molar-refractivity contribution in [2.45, 2.75) is 66.8 Å². The lowest BCUT2D eigenvalue weighted by molar-refractivity contribution is 0.0927. The third-order valence-corrected chi connectivity index (χ3v) is 4.63. The zero-order chi connectivity index (χ0) is 15.3. The highest BCUT2D eigenvalue weighted by molar-refractivity contribution is 4.90. The van der Waals surface area contributed by atoms with E-state index in [9.17, 15) is 0 Å². The van der Waals surface area contributed by atoms with E-state index in [0.29, 0.717) is 11.5 Å². The molecule has 1 aliphatic carbocycles.